The highest BCUT2D eigenvalue weighted by molar-refractivity contribution is 5.31. The highest BCUT2D eigenvalue weighted by Crippen LogP contribution is 2.09. The zero-order chi connectivity index (χ0) is 10.8. The first-order valence-corrected chi connectivity index (χ1v) is 4.17. The Hall–Kier alpha value is -2.04. The number of hydrogen-bond donors (Lipinski definition) is 0. The van der Waals surface area contributed by atoms with Gasteiger partial charge in [0.1, 0.15) is 11.6 Å². The van der Waals surface area contributed by atoms with E-state index in [1.165, 1.54) is 18.3 Å². The smallest absolute Gasteiger partial charge is 0.267 e. The van der Waals surface area contributed by atoms with Gasteiger partial charge >= 0.3 is 0 Å². The Morgan fingerprint density at radius 2 is 1.80 bits per heavy atom. The van der Waals surface area contributed by atoms with Crippen LogP contribution in [-0.2, 0) is 0 Å². The van der Waals surface area contributed by atoms with Crippen LogP contribution in [0, 0.1) is 11.6 Å². The van der Waals surface area contributed by atoms with Gasteiger partial charge in [-0.1, -0.05) is 0 Å². The van der Waals surface area contributed by atoms with Crippen LogP contribution in [-0.4, -0.2) is 9.78 Å². The van der Waals surface area contributed by atoms with Crippen LogP contribution in [0.1, 0.15) is 0 Å². The summed E-state index contributed by atoms with van der Waals surface area (Å²) in [4.78, 5) is 11.3. The average Bonchev–Trinajstić information content (AvgIpc) is 2.16. The van der Waals surface area contributed by atoms with E-state index in [9.17, 15) is 13.6 Å². The molecule has 0 radical (unpaired) electrons. The van der Waals surface area contributed by atoms with Gasteiger partial charge in [-0.15, -0.1) is 0 Å². The lowest BCUT2D eigenvalue weighted by Gasteiger charge is -2.03. The highest BCUT2D eigenvalue weighted by Gasteiger charge is 2.04. The Bertz CT molecular complexity index is 531. The topological polar surface area (TPSA) is 34.9 Å². The minimum Gasteiger partial charge on any atom is -0.267 e. The van der Waals surface area contributed by atoms with Crippen LogP contribution in [0.3, 0.4) is 0 Å². The lowest BCUT2D eigenvalue weighted by Crippen LogP contribution is -2.19. The van der Waals surface area contributed by atoms with Crippen molar-refractivity contribution in [1.29, 1.82) is 0 Å². The van der Waals surface area contributed by atoms with Crippen molar-refractivity contribution in [2.24, 2.45) is 0 Å². The maximum Gasteiger partial charge on any atom is 0.271 e. The number of hydrogen-bond acceptors (Lipinski definition) is 2. The summed E-state index contributed by atoms with van der Waals surface area (Å²) < 4.78 is 26.6. The molecule has 3 nitrogen and oxygen atoms in total. The molecule has 0 aliphatic rings. The molecule has 0 unspecified atom stereocenters. The van der Waals surface area contributed by atoms with E-state index >= 15 is 0 Å². The van der Waals surface area contributed by atoms with E-state index in [2.05, 4.69) is 5.10 Å². The second kappa shape index (κ2) is 3.61. The van der Waals surface area contributed by atoms with Crippen molar-refractivity contribution >= 4 is 0 Å². The van der Waals surface area contributed by atoms with Gasteiger partial charge in [-0.05, 0) is 18.2 Å². The molecule has 0 saturated heterocycles. The van der Waals surface area contributed by atoms with E-state index < -0.39 is 17.2 Å². The Morgan fingerprint density at radius 3 is 2.40 bits per heavy atom. The summed E-state index contributed by atoms with van der Waals surface area (Å²) >= 11 is 0. The number of halogens is 2. The van der Waals surface area contributed by atoms with E-state index in [0.717, 1.165) is 22.9 Å². The molecular weight excluding hydrogens is 202 g/mol. The first-order valence-electron chi connectivity index (χ1n) is 4.17. The largest absolute Gasteiger partial charge is 0.271 e. The standard InChI is InChI=1S/C10H6F2N2O/c11-7-4-8(12)6-9(5-7)14-10(15)2-1-3-13-14/h1-6H. The second-order valence-corrected chi connectivity index (χ2v) is 2.90. The first-order chi connectivity index (χ1) is 7.16. The summed E-state index contributed by atoms with van der Waals surface area (Å²) in [6.45, 7) is 0. The molecule has 0 aliphatic carbocycles. The third kappa shape index (κ3) is 1.90. The molecule has 2 aromatic rings. The van der Waals surface area contributed by atoms with Crippen LogP contribution >= 0.6 is 0 Å². The normalized spacial score (nSPS) is 10.3. The lowest BCUT2D eigenvalue weighted by molar-refractivity contribution is 0.579. The van der Waals surface area contributed by atoms with Crippen molar-refractivity contribution in [3.63, 3.8) is 0 Å². The van der Waals surface area contributed by atoms with Crippen LogP contribution in [0.4, 0.5) is 8.78 Å². The van der Waals surface area contributed by atoms with Crippen molar-refractivity contribution in [2.75, 3.05) is 0 Å². The molecule has 76 valence electrons. The van der Waals surface area contributed by atoms with Crippen LogP contribution in [0.15, 0.2) is 41.3 Å². The maximum atomic E-state index is 12.9. The molecular formula is C10H6F2N2O. The van der Waals surface area contributed by atoms with Crippen molar-refractivity contribution in [3.05, 3.63) is 58.5 Å². The average molecular weight is 208 g/mol. The molecule has 1 aromatic heterocycles. The first kappa shape index (κ1) is 9.51. The van der Waals surface area contributed by atoms with Gasteiger partial charge in [0.2, 0.25) is 0 Å². The van der Waals surface area contributed by atoms with Gasteiger partial charge < -0.3 is 0 Å². The number of aromatic nitrogens is 2. The summed E-state index contributed by atoms with van der Waals surface area (Å²) in [5.41, 5.74) is -0.374. The minimum absolute atomic E-state index is 0.0677. The van der Waals surface area contributed by atoms with Gasteiger partial charge in [-0.3, -0.25) is 4.79 Å². The molecule has 1 aromatic carbocycles. The predicted molar refractivity (Wildman–Crippen MR) is 49.8 cm³/mol. The van der Waals surface area contributed by atoms with Crippen molar-refractivity contribution in [3.8, 4) is 5.69 Å². The molecule has 1 heterocycles. The van der Waals surface area contributed by atoms with Crippen LogP contribution in [0.5, 0.6) is 0 Å². The number of benzene rings is 1. The van der Waals surface area contributed by atoms with E-state index in [4.69, 9.17) is 0 Å². The zero-order valence-corrected chi connectivity index (χ0v) is 7.52. The zero-order valence-electron chi connectivity index (χ0n) is 7.52. The van der Waals surface area contributed by atoms with Gasteiger partial charge in [0, 0.05) is 18.3 Å². The van der Waals surface area contributed by atoms with Crippen LogP contribution in [0.2, 0.25) is 0 Å². The molecule has 0 fully saturated rings. The van der Waals surface area contributed by atoms with E-state index in [1.54, 1.807) is 0 Å². The minimum atomic E-state index is -0.748. The van der Waals surface area contributed by atoms with Gasteiger partial charge in [0.05, 0.1) is 5.69 Å². The summed E-state index contributed by atoms with van der Waals surface area (Å²) in [6, 6.07) is 5.52. The van der Waals surface area contributed by atoms with Gasteiger partial charge in [-0.25, -0.2) is 8.78 Å². The van der Waals surface area contributed by atoms with Crippen molar-refractivity contribution < 1.29 is 8.78 Å². The molecule has 0 N–H and O–H groups in total. The summed E-state index contributed by atoms with van der Waals surface area (Å²) in [5, 5.41) is 3.70. The van der Waals surface area contributed by atoms with Crippen LogP contribution < -0.4 is 5.56 Å². The fraction of sp³-hybridized carbons (Fsp3) is 0. The Balaban J connectivity index is 2.64. The van der Waals surface area contributed by atoms with Gasteiger partial charge in [-0.2, -0.15) is 9.78 Å². The van der Waals surface area contributed by atoms with Gasteiger partial charge in [0.15, 0.2) is 0 Å². The molecule has 0 spiro atoms. The maximum absolute atomic E-state index is 12.9. The van der Waals surface area contributed by atoms with Crippen LogP contribution in [0.25, 0.3) is 5.69 Å². The Labute approximate surface area is 83.6 Å². The summed E-state index contributed by atoms with van der Waals surface area (Å²) in [5.74, 6) is -1.50. The molecule has 0 aliphatic heterocycles. The molecule has 0 atom stereocenters. The summed E-state index contributed by atoms with van der Waals surface area (Å²) in [7, 11) is 0. The van der Waals surface area contributed by atoms with Crippen molar-refractivity contribution in [2.45, 2.75) is 0 Å². The fourth-order valence-electron chi connectivity index (χ4n) is 1.21. The third-order valence-corrected chi connectivity index (χ3v) is 1.81. The molecule has 15 heavy (non-hydrogen) atoms. The molecule has 0 saturated carbocycles. The Kier molecular flexibility index (Phi) is 2.29. The lowest BCUT2D eigenvalue weighted by atomic mass is 10.3. The number of rotatable bonds is 1. The third-order valence-electron chi connectivity index (χ3n) is 1.81. The fourth-order valence-corrected chi connectivity index (χ4v) is 1.21. The molecule has 2 rings (SSSR count). The van der Waals surface area contributed by atoms with E-state index in [1.807, 2.05) is 0 Å². The second-order valence-electron chi connectivity index (χ2n) is 2.90. The van der Waals surface area contributed by atoms with E-state index in [-0.39, 0.29) is 5.69 Å². The predicted octanol–water partition coefficient (Wildman–Crippen LogP) is 1.51. The number of nitrogens with zero attached hydrogens (tertiary/aromatic N) is 2. The molecule has 5 heteroatoms. The van der Waals surface area contributed by atoms with Crippen molar-refractivity contribution in [1.82, 2.24) is 9.78 Å². The SMILES string of the molecule is O=c1cccnn1-c1cc(F)cc(F)c1. The molecule has 0 bridgehead atoms. The molecule has 0 amide bonds. The monoisotopic (exact) mass is 208 g/mol. The quantitative estimate of drug-likeness (QED) is 0.712. The highest BCUT2D eigenvalue weighted by atomic mass is 19.1. The Morgan fingerprint density at radius 1 is 1.13 bits per heavy atom. The summed E-state index contributed by atoms with van der Waals surface area (Å²) in [6.07, 6.45) is 1.37. The van der Waals surface area contributed by atoms with Gasteiger partial charge in [0.25, 0.3) is 5.56 Å². The van der Waals surface area contributed by atoms with E-state index in [0.29, 0.717) is 0 Å².